The summed E-state index contributed by atoms with van der Waals surface area (Å²) in [7, 11) is 1.56. The summed E-state index contributed by atoms with van der Waals surface area (Å²) in [6, 6.07) is 12.8. The Bertz CT molecular complexity index is 827. The summed E-state index contributed by atoms with van der Waals surface area (Å²) in [6.45, 7) is 1.95. The second-order valence-electron chi connectivity index (χ2n) is 4.94. The van der Waals surface area contributed by atoms with E-state index in [0.717, 1.165) is 16.9 Å². The molecule has 2 aromatic carbocycles. The predicted molar refractivity (Wildman–Crippen MR) is 87.0 cm³/mol. The number of phenolic OH excluding ortho intramolecular Hbond substituents is 1. The lowest BCUT2D eigenvalue weighted by Crippen LogP contribution is -1.99. The number of aromatic nitrogens is 2. The van der Waals surface area contributed by atoms with E-state index in [1.165, 1.54) is 0 Å². The van der Waals surface area contributed by atoms with Gasteiger partial charge < -0.3 is 9.84 Å². The van der Waals surface area contributed by atoms with E-state index in [0.29, 0.717) is 16.3 Å². The number of aryl methyl sites for hydroxylation is 1. The number of methoxy groups -OCH3 is 1. The van der Waals surface area contributed by atoms with Crippen LogP contribution < -0.4 is 4.74 Å². The van der Waals surface area contributed by atoms with Gasteiger partial charge in [0.15, 0.2) is 0 Å². The van der Waals surface area contributed by atoms with Gasteiger partial charge in [-0.25, -0.2) is 4.68 Å². The highest BCUT2D eigenvalue weighted by atomic mass is 35.5. The molecule has 112 valence electrons. The molecular weight excluding hydrogens is 300 g/mol. The van der Waals surface area contributed by atoms with Crippen molar-refractivity contribution < 1.29 is 9.84 Å². The summed E-state index contributed by atoms with van der Waals surface area (Å²) in [4.78, 5) is 0. The minimum Gasteiger partial charge on any atom is -0.507 e. The van der Waals surface area contributed by atoms with Gasteiger partial charge in [-0.2, -0.15) is 5.10 Å². The van der Waals surface area contributed by atoms with E-state index in [1.807, 2.05) is 31.2 Å². The monoisotopic (exact) mass is 314 g/mol. The fourth-order valence-electron chi connectivity index (χ4n) is 2.28. The molecule has 0 saturated carbocycles. The maximum atomic E-state index is 10.2. The normalized spacial score (nSPS) is 10.7. The maximum Gasteiger partial charge on any atom is 0.128 e. The van der Waals surface area contributed by atoms with Crippen LogP contribution in [0.4, 0.5) is 0 Å². The standard InChI is InChI=1S/C17H15ClN2O2/c1-11-3-4-12(9-15(11)18)20-16(7-8-19-20)14-6-5-13(22-2)10-17(14)21/h3-10,21H,1-2H3. The predicted octanol–water partition coefficient (Wildman–Crippen LogP) is 4.22. The highest BCUT2D eigenvalue weighted by molar-refractivity contribution is 6.31. The van der Waals surface area contributed by atoms with E-state index in [4.69, 9.17) is 16.3 Å². The summed E-state index contributed by atoms with van der Waals surface area (Å²) in [5.74, 6) is 0.741. The van der Waals surface area contributed by atoms with E-state index < -0.39 is 0 Å². The van der Waals surface area contributed by atoms with E-state index in [2.05, 4.69) is 5.10 Å². The Morgan fingerprint density at radius 2 is 1.95 bits per heavy atom. The van der Waals surface area contributed by atoms with Crippen molar-refractivity contribution in [2.75, 3.05) is 7.11 Å². The number of phenols is 1. The van der Waals surface area contributed by atoms with E-state index in [9.17, 15) is 5.11 Å². The molecule has 1 aromatic heterocycles. The first-order valence-corrected chi connectivity index (χ1v) is 7.16. The van der Waals surface area contributed by atoms with E-state index in [-0.39, 0.29) is 5.75 Å². The molecule has 4 nitrogen and oxygen atoms in total. The maximum absolute atomic E-state index is 10.2. The molecule has 0 fully saturated rings. The Kier molecular flexibility index (Phi) is 3.77. The van der Waals surface area contributed by atoms with Crippen molar-refractivity contribution in [1.29, 1.82) is 0 Å². The minimum atomic E-state index is 0.138. The van der Waals surface area contributed by atoms with Crippen LogP contribution in [0.15, 0.2) is 48.7 Å². The Morgan fingerprint density at radius 3 is 2.64 bits per heavy atom. The zero-order valence-corrected chi connectivity index (χ0v) is 13.0. The Hall–Kier alpha value is -2.46. The van der Waals surface area contributed by atoms with Crippen molar-refractivity contribution in [3.63, 3.8) is 0 Å². The van der Waals surface area contributed by atoms with Crippen LogP contribution in [0.3, 0.4) is 0 Å². The SMILES string of the molecule is COc1ccc(-c2ccnn2-c2ccc(C)c(Cl)c2)c(O)c1. The highest BCUT2D eigenvalue weighted by Gasteiger charge is 2.13. The summed E-state index contributed by atoms with van der Waals surface area (Å²) < 4.78 is 6.85. The number of benzene rings is 2. The number of nitrogens with zero attached hydrogens (tertiary/aromatic N) is 2. The molecule has 1 heterocycles. The van der Waals surface area contributed by atoms with Crippen LogP contribution in [0.25, 0.3) is 16.9 Å². The molecule has 0 aliphatic heterocycles. The zero-order chi connectivity index (χ0) is 15.7. The second-order valence-corrected chi connectivity index (χ2v) is 5.35. The zero-order valence-electron chi connectivity index (χ0n) is 12.2. The number of hydrogen-bond donors (Lipinski definition) is 1. The summed E-state index contributed by atoms with van der Waals surface area (Å²) in [5, 5.41) is 15.2. The quantitative estimate of drug-likeness (QED) is 0.787. The summed E-state index contributed by atoms with van der Waals surface area (Å²) >= 11 is 6.19. The van der Waals surface area contributed by atoms with Crippen molar-refractivity contribution in [3.05, 3.63) is 59.2 Å². The average molecular weight is 315 g/mol. The Morgan fingerprint density at radius 1 is 1.14 bits per heavy atom. The lowest BCUT2D eigenvalue weighted by Gasteiger charge is -2.11. The topological polar surface area (TPSA) is 47.3 Å². The van der Waals surface area contributed by atoms with Gasteiger partial charge in [-0.05, 0) is 42.8 Å². The molecule has 0 spiro atoms. The Labute approximate surface area is 133 Å². The largest absolute Gasteiger partial charge is 0.507 e. The second kappa shape index (κ2) is 5.73. The van der Waals surface area contributed by atoms with Crippen LogP contribution >= 0.6 is 11.6 Å². The molecule has 0 aliphatic rings. The lowest BCUT2D eigenvalue weighted by atomic mass is 10.1. The van der Waals surface area contributed by atoms with Gasteiger partial charge in [0.05, 0.1) is 24.7 Å². The molecule has 0 saturated heterocycles. The molecule has 0 radical (unpaired) electrons. The first kappa shape index (κ1) is 14.5. The van der Waals surface area contributed by atoms with Gasteiger partial charge in [-0.15, -0.1) is 0 Å². The first-order chi connectivity index (χ1) is 10.6. The fourth-order valence-corrected chi connectivity index (χ4v) is 2.46. The fraction of sp³-hybridized carbons (Fsp3) is 0.118. The van der Waals surface area contributed by atoms with Crippen LogP contribution in [-0.4, -0.2) is 22.0 Å². The molecule has 0 amide bonds. The van der Waals surface area contributed by atoms with Crippen LogP contribution in [0, 0.1) is 6.92 Å². The van der Waals surface area contributed by atoms with Crippen molar-refractivity contribution in [2.24, 2.45) is 0 Å². The van der Waals surface area contributed by atoms with Crippen LogP contribution in [0.5, 0.6) is 11.5 Å². The van der Waals surface area contributed by atoms with Gasteiger partial charge in [-0.1, -0.05) is 17.7 Å². The number of hydrogen-bond acceptors (Lipinski definition) is 3. The summed E-state index contributed by atoms with van der Waals surface area (Å²) in [6.07, 6.45) is 1.69. The number of rotatable bonds is 3. The van der Waals surface area contributed by atoms with Crippen molar-refractivity contribution >= 4 is 11.6 Å². The summed E-state index contributed by atoms with van der Waals surface area (Å²) in [5.41, 5.74) is 3.30. The Balaban J connectivity index is 2.11. The molecule has 5 heteroatoms. The number of halogens is 1. The molecule has 0 unspecified atom stereocenters. The molecule has 1 N–H and O–H groups in total. The molecule has 22 heavy (non-hydrogen) atoms. The van der Waals surface area contributed by atoms with Crippen LogP contribution in [0.2, 0.25) is 5.02 Å². The van der Waals surface area contributed by atoms with E-state index in [1.54, 1.807) is 36.2 Å². The molecule has 3 rings (SSSR count). The smallest absolute Gasteiger partial charge is 0.128 e. The minimum absolute atomic E-state index is 0.138. The van der Waals surface area contributed by atoms with Gasteiger partial charge >= 0.3 is 0 Å². The van der Waals surface area contributed by atoms with Crippen molar-refractivity contribution in [1.82, 2.24) is 9.78 Å². The van der Waals surface area contributed by atoms with Crippen LogP contribution in [-0.2, 0) is 0 Å². The van der Waals surface area contributed by atoms with Gasteiger partial charge in [0.2, 0.25) is 0 Å². The third kappa shape index (κ3) is 2.53. The molecular formula is C17H15ClN2O2. The van der Waals surface area contributed by atoms with Gasteiger partial charge in [0, 0.05) is 16.7 Å². The molecule has 0 bridgehead atoms. The molecule has 3 aromatic rings. The number of ether oxygens (including phenoxy) is 1. The molecule has 0 atom stereocenters. The van der Waals surface area contributed by atoms with Gasteiger partial charge in [0.1, 0.15) is 11.5 Å². The van der Waals surface area contributed by atoms with Gasteiger partial charge in [-0.3, -0.25) is 0 Å². The third-order valence-electron chi connectivity index (χ3n) is 3.52. The van der Waals surface area contributed by atoms with Crippen molar-refractivity contribution in [3.8, 4) is 28.4 Å². The molecule has 0 aliphatic carbocycles. The van der Waals surface area contributed by atoms with Gasteiger partial charge in [0.25, 0.3) is 0 Å². The van der Waals surface area contributed by atoms with Crippen molar-refractivity contribution in [2.45, 2.75) is 6.92 Å². The average Bonchev–Trinajstić information content (AvgIpc) is 2.99. The lowest BCUT2D eigenvalue weighted by molar-refractivity contribution is 0.408. The highest BCUT2D eigenvalue weighted by Crippen LogP contribution is 2.33. The first-order valence-electron chi connectivity index (χ1n) is 6.78. The third-order valence-corrected chi connectivity index (χ3v) is 3.93. The van der Waals surface area contributed by atoms with Crippen LogP contribution in [0.1, 0.15) is 5.56 Å². The van der Waals surface area contributed by atoms with E-state index >= 15 is 0 Å². The number of aromatic hydroxyl groups is 1.